The van der Waals surface area contributed by atoms with Gasteiger partial charge in [-0.3, -0.25) is 0 Å². The van der Waals surface area contributed by atoms with Crippen molar-refractivity contribution in [3.8, 4) is 0 Å². The predicted molar refractivity (Wildman–Crippen MR) is 52.5 cm³/mol. The van der Waals surface area contributed by atoms with Crippen molar-refractivity contribution in [1.29, 1.82) is 0 Å². The van der Waals surface area contributed by atoms with E-state index < -0.39 is 29.2 Å². The van der Waals surface area contributed by atoms with Crippen molar-refractivity contribution in [2.75, 3.05) is 0 Å². The molecular formula is C12H8F4O. The third kappa shape index (κ3) is 1.92. The Morgan fingerprint density at radius 3 is 2.35 bits per heavy atom. The van der Waals surface area contributed by atoms with Gasteiger partial charge in [0.1, 0.15) is 5.76 Å². The molecular weight excluding hydrogens is 236 g/mol. The molecule has 90 valence electrons. The number of halogens is 4. The van der Waals surface area contributed by atoms with Crippen LogP contribution in [0.25, 0.3) is 0 Å². The Hall–Kier alpha value is -1.78. The molecule has 5 heteroatoms. The summed E-state index contributed by atoms with van der Waals surface area (Å²) in [5.41, 5.74) is -0.281. The molecule has 2 aromatic rings. The lowest BCUT2D eigenvalue weighted by Gasteiger charge is -2.11. The Bertz CT molecular complexity index is 534. The van der Waals surface area contributed by atoms with Gasteiger partial charge in [-0.2, -0.15) is 0 Å². The standard InChI is InChI=1S/C12H8F4O/c1-6(9-3-2-4-17-9)7-5-8(13)11(15)12(16)10(7)14/h2-6H,1H3. The minimum Gasteiger partial charge on any atom is -0.469 e. The summed E-state index contributed by atoms with van der Waals surface area (Å²) in [7, 11) is 0. The summed E-state index contributed by atoms with van der Waals surface area (Å²) >= 11 is 0. The van der Waals surface area contributed by atoms with Gasteiger partial charge in [-0.1, -0.05) is 6.92 Å². The largest absolute Gasteiger partial charge is 0.469 e. The fraction of sp³-hybridized carbons (Fsp3) is 0.167. The van der Waals surface area contributed by atoms with Crippen molar-refractivity contribution < 1.29 is 22.0 Å². The Morgan fingerprint density at radius 1 is 1.06 bits per heavy atom. The lowest BCUT2D eigenvalue weighted by atomic mass is 9.97. The monoisotopic (exact) mass is 244 g/mol. The highest BCUT2D eigenvalue weighted by atomic mass is 19.2. The molecule has 0 amide bonds. The van der Waals surface area contributed by atoms with Gasteiger partial charge in [-0.05, 0) is 18.2 Å². The molecule has 1 aromatic carbocycles. The van der Waals surface area contributed by atoms with E-state index in [1.165, 1.54) is 13.2 Å². The van der Waals surface area contributed by atoms with Crippen LogP contribution in [-0.4, -0.2) is 0 Å². The zero-order chi connectivity index (χ0) is 12.6. The highest BCUT2D eigenvalue weighted by Crippen LogP contribution is 2.29. The first-order valence-corrected chi connectivity index (χ1v) is 4.88. The number of hydrogen-bond acceptors (Lipinski definition) is 1. The van der Waals surface area contributed by atoms with Gasteiger partial charge in [0.15, 0.2) is 23.3 Å². The third-order valence-electron chi connectivity index (χ3n) is 2.57. The molecule has 1 heterocycles. The van der Waals surface area contributed by atoms with Crippen molar-refractivity contribution in [3.05, 3.63) is 59.1 Å². The maximum atomic E-state index is 13.5. The lowest BCUT2D eigenvalue weighted by molar-refractivity contribution is 0.398. The van der Waals surface area contributed by atoms with Crippen LogP contribution in [0.4, 0.5) is 17.6 Å². The van der Waals surface area contributed by atoms with E-state index in [2.05, 4.69) is 0 Å². The maximum Gasteiger partial charge on any atom is 0.197 e. The number of hydrogen-bond donors (Lipinski definition) is 0. The van der Waals surface area contributed by atoms with Crippen LogP contribution < -0.4 is 0 Å². The number of benzene rings is 1. The van der Waals surface area contributed by atoms with Gasteiger partial charge < -0.3 is 4.42 Å². The van der Waals surface area contributed by atoms with Crippen LogP contribution in [0.3, 0.4) is 0 Å². The van der Waals surface area contributed by atoms with Crippen LogP contribution in [0.15, 0.2) is 28.9 Å². The van der Waals surface area contributed by atoms with E-state index in [9.17, 15) is 17.6 Å². The molecule has 0 aliphatic rings. The Balaban J connectivity index is 2.53. The SMILES string of the molecule is CC(c1ccco1)c1cc(F)c(F)c(F)c1F. The predicted octanol–water partition coefficient (Wildman–Crippen LogP) is 3.99. The van der Waals surface area contributed by atoms with Crippen LogP contribution in [0.2, 0.25) is 0 Å². The van der Waals surface area contributed by atoms with Crippen LogP contribution >= 0.6 is 0 Å². The second-order valence-electron chi connectivity index (χ2n) is 3.63. The van der Waals surface area contributed by atoms with Crippen molar-refractivity contribution in [3.63, 3.8) is 0 Å². The summed E-state index contributed by atoms with van der Waals surface area (Å²) in [6, 6.07) is 3.75. The zero-order valence-corrected chi connectivity index (χ0v) is 8.81. The van der Waals surface area contributed by atoms with E-state index in [0.717, 1.165) is 0 Å². The molecule has 0 aliphatic carbocycles. The molecule has 0 saturated heterocycles. The average molecular weight is 244 g/mol. The first-order chi connectivity index (χ1) is 8.02. The van der Waals surface area contributed by atoms with Crippen LogP contribution in [0.5, 0.6) is 0 Å². The van der Waals surface area contributed by atoms with Crippen LogP contribution in [0, 0.1) is 23.3 Å². The smallest absolute Gasteiger partial charge is 0.197 e. The lowest BCUT2D eigenvalue weighted by Crippen LogP contribution is -2.05. The van der Waals surface area contributed by atoms with Gasteiger partial charge in [0.05, 0.1) is 6.26 Å². The Labute approximate surface area is 94.7 Å². The normalized spacial score (nSPS) is 12.8. The van der Waals surface area contributed by atoms with Gasteiger partial charge in [0.2, 0.25) is 0 Å². The van der Waals surface area contributed by atoms with Gasteiger partial charge in [-0.25, -0.2) is 17.6 Å². The van der Waals surface area contributed by atoms with Crippen molar-refractivity contribution >= 4 is 0 Å². The summed E-state index contributed by atoms with van der Waals surface area (Å²) in [5.74, 6) is -6.79. The van der Waals surface area contributed by atoms with Gasteiger partial charge in [-0.15, -0.1) is 0 Å². The molecule has 1 atom stereocenters. The minimum atomic E-state index is -1.81. The van der Waals surface area contributed by atoms with E-state index in [-0.39, 0.29) is 5.56 Å². The fourth-order valence-electron chi connectivity index (χ4n) is 1.60. The first-order valence-electron chi connectivity index (χ1n) is 4.88. The third-order valence-corrected chi connectivity index (χ3v) is 2.57. The summed E-state index contributed by atoms with van der Waals surface area (Å²) in [5, 5.41) is 0. The molecule has 1 unspecified atom stereocenters. The van der Waals surface area contributed by atoms with Crippen molar-refractivity contribution in [2.45, 2.75) is 12.8 Å². The maximum absolute atomic E-state index is 13.5. The molecule has 0 N–H and O–H groups in total. The van der Waals surface area contributed by atoms with Crippen molar-refractivity contribution in [1.82, 2.24) is 0 Å². The van der Waals surface area contributed by atoms with Crippen LogP contribution in [0.1, 0.15) is 24.2 Å². The number of rotatable bonds is 2. The van der Waals surface area contributed by atoms with E-state index in [1.54, 1.807) is 12.1 Å². The Morgan fingerprint density at radius 2 is 1.76 bits per heavy atom. The quantitative estimate of drug-likeness (QED) is 0.442. The second-order valence-corrected chi connectivity index (χ2v) is 3.63. The molecule has 0 radical (unpaired) electrons. The van der Waals surface area contributed by atoms with E-state index in [4.69, 9.17) is 4.42 Å². The summed E-state index contributed by atoms with van der Waals surface area (Å²) in [4.78, 5) is 0. The molecule has 1 nitrogen and oxygen atoms in total. The van der Waals surface area contributed by atoms with Crippen LogP contribution in [-0.2, 0) is 0 Å². The number of furan rings is 1. The first kappa shape index (κ1) is 11.7. The minimum absolute atomic E-state index is 0.281. The van der Waals surface area contributed by atoms with Crippen molar-refractivity contribution in [2.24, 2.45) is 0 Å². The fourth-order valence-corrected chi connectivity index (χ4v) is 1.60. The molecule has 1 aromatic heterocycles. The average Bonchev–Trinajstić information content (AvgIpc) is 2.84. The zero-order valence-electron chi connectivity index (χ0n) is 8.81. The summed E-state index contributed by atoms with van der Waals surface area (Å²) in [6.07, 6.45) is 1.36. The molecule has 0 bridgehead atoms. The Kier molecular flexibility index (Phi) is 2.92. The highest BCUT2D eigenvalue weighted by molar-refractivity contribution is 5.30. The molecule has 0 saturated carbocycles. The molecule has 2 rings (SSSR count). The van der Waals surface area contributed by atoms with Gasteiger partial charge >= 0.3 is 0 Å². The second kappa shape index (κ2) is 4.24. The van der Waals surface area contributed by atoms with Gasteiger partial charge in [0.25, 0.3) is 0 Å². The van der Waals surface area contributed by atoms with E-state index >= 15 is 0 Å². The highest BCUT2D eigenvalue weighted by Gasteiger charge is 2.23. The topological polar surface area (TPSA) is 13.1 Å². The summed E-state index contributed by atoms with van der Waals surface area (Å²) < 4.78 is 57.3. The summed E-state index contributed by atoms with van der Waals surface area (Å²) in [6.45, 7) is 1.51. The van der Waals surface area contributed by atoms with Gasteiger partial charge in [0, 0.05) is 11.5 Å². The molecule has 0 aliphatic heterocycles. The van der Waals surface area contributed by atoms with E-state index in [0.29, 0.717) is 11.8 Å². The molecule has 0 spiro atoms. The van der Waals surface area contributed by atoms with E-state index in [1.807, 2.05) is 0 Å². The molecule has 17 heavy (non-hydrogen) atoms. The molecule has 0 fully saturated rings.